The molecular formula is C13H17ClN2O3. The lowest BCUT2D eigenvalue weighted by molar-refractivity contribution is -0.142. The molecule has 0 aliphatic heterocycles. The normalized spacial score (nSPS) is 12.0. The Hall–Kier alpha value is -1.62. The monoisotopic (exact) mass is 284 g/mol. The van der Waals surface area contributed by atoms with Crippen LogP contribution in [0.3, 0.4) is 0 Å². The number of aryl methyl sites for hydroxylation is 1. The number of amides is 1. The van der Waals surface area contributed by atoms with Gasteiger partial charge >= 0.3 is 5.97 Å². The van der Waals surface area contributed by atoms with Crippen LogP contribution in [0.25, 0.3) is 0 Å². The van der Waals surface area contributed by atoms with Crippen molar-refractivity contribution in [3.05, 3.63) is 28.5 Å². The molecule has 1 heterocycles. The molecule has 1 N–H and O–H groups in total. The summed E-state index contributed by atoms with van der Waals surface area (Å²) in [5.74, 6) is -1.39. The highest BCUT2D eigenvalue weighted by Crippen LogP contribution is 2.15. The minimum atomic E-state index is -1.02. The predicted molar refractivity (Wildman–Crippen MR) is 72.4 cm³/mol. The number of halogens is 1. The van der Waals surface area contributed by atoms with E-state index >= 15 is 0 Å². The van der Waals surface area contributed by atoms with Crippen LogP contribution in [-0.4, -0.2) is 40.0 Å². The van der Waals surface area contributed by atoms with Crippen LogP contribution < -0.4 is 0 Å². The van der Waals surface area contributed by atoms with Gasteiger partial charge in [0.15, 0.2) is 0 Å². The van der Waals surface area contributed by atoms with Gasteiger partial charge < -0.3 is 10.0 Å². The smallest absolute Gasteiger partial charge is 0.326 e. The molecule has 1 aromatic rings. The fraction of sp³-hybridized carbons (Fsp3) is 0.462. The summed E-state index contributed by atoms with van der Waals surface area (Å²) in [4.78, 5) is 28.6. The van der Waals surface area contributed by atoms with Crippen molar-refractivity contribution in [1.29, 1.82) is 0 Å². The summed E-state index contributed by atoms with van der Waals surface area (Å²) in [7, 11) is 1.48. The number of nitrogens with zero attached hydrogens (tertiary/aromatic N) is 2. The van der Waals surface area contributed by atoms with Gasteiger partial charge in [0.1, 0.15) is 11.2 Å². The van der Waals surface area contributed by atoms with Crippen LogP contribution in [0.15, 0.2) is 12.1 Å². The van der Waals surface area contributed by atoms with Gasteiger partial charge in [-0.25, -0.2) is 9.78 Å². The molecule has 0 radical (unpaired) electrons. The van der Waals surface area contributed by atoms with E-state index < -0.39 is 12.0 Å². The van der Waals surface area contributed by atoms with Gasteiger partial charge in [-0.3, -0.25) is 4.79 Å². The van der Waals surface area contributed by atoms with Crippen molar-refractivity contribution in [3.8, 4) is 0 Å². The summed E-state index contributed by atoms with van der Waals surface area (Å²) in [5, 5.41) is 9.30. The molecule has 0 aromatic carbocycles. The molecular weight excluding hydrogens is 268 g/mol. The number of aliphatic carboxylic acids is 1. The van der Waals surface area contributed by atoms with Crippen molar-refractivity contribution in [2.75, 3.05) is 7.05 Å². The summed E-state index contributed by atoms with van der Waals surface area (Å²) in [6, 6.07) is 2.25. The number of carboxylic acid groups (broad SMARTS) is 1. The number of carbonyl (C=O) groups is 2. The molecule has 6 heteroatoms. The molecule has 0 aliphatic carbocycles. The van der Waals surface area contributed by atoms with Gasteiger partial charge in [-0.2, -0.15) is 0 Å². The largest absolute Gasteiger partial charge is 0.480 e. The number of aromatic nitrogens is 1. The average molecular weight is 285 g/mol. The first-order valence-corrected chi connectivity index (χ1v) is 6.44. The van der Waals surface area contributed by atoms with Crippen LogP contribution >= 0.6 is 11.6 Å². The summed E-state index contributed by atoms with van der Waals surface area (Å²) in [6.07, 6.45) is 0.998. The quantitative estimate of drug-likeness (QED) is 0.842. The van der Waals surface area contributed by atoms with Crippen molar-refractivity contribution >= 4 is 23.5 Å². The number of hydrogen-bond acceptors (Lipinski definition) is 3. The molecule has 0 bridgehead atoms. The third-order valence-corrected chi connectivity index (χ3v) is 3.11. The Morgan fingerprint density at radius 3 is 2.53 bits per heavy atom. The van der Waals surface area contributed by atoms with Crippen LogP contribution in [-0.2, 0) is 11.2 Å². The first-order valence-electron chi connectivity index (χ1n) is 6.07. The molecule has 19 heavy (non-hydrogen) atoms. The molecule has 0 spiro atoms. The van der Waals surface area contributed by atoms with Gasteiger partial charge in [0.25, 0.3) is 5.91 Å². The van der Waals surface area contributed by atoms with Gasteiger partial charge in [-0.05, 0) is 25.0 Å². The Balaban J connectivity index is 3.05. The van der Waals surface area contributed by atoms with Crippen LogP contribution in [0.1, 0.15) is 36.3 Å². The number of pyridine rings is 1. The van der Waals surface area contributed by atoms with Gasteiger partial charge in [0.2, 0.25) is 0 Å². The molecule has 1 unspecified atom stereocenters. The lowest BCUT2D eigenvalue weighted by atomic mass is 10.1. The lowest BCUT2D eigenvalue weighted by Gasteiger charge is -2.24. The van der Waals surface area contributed by atoms with E-state index in [0.29, 0.717) is 24.1 Å². The molecule has 1 aromatic heterocycles. The maximum atomic E-state index is 12.2. The fourth-order valence-electron chi connectivity index (χ4n) is 1.82. The SMILES string of the molecule is CCc1cc(C(=O)N(C)C(CC)C(=O)O)cc(Cl)n1. The van der Waals surface area contributed by atoms with E-state index in [9.17, 15) is 9.59 Å². The second kappa shape index (κ2) is 6.52. The highest BCUT2D eigenvalue weighted by Gasteiger charge is 2.25. The molecule has 1 rings (SSSR count). The van der Waals surface area contributed by atoms with Crippen LogP contribution in [0, 0.1) is 0 Å². The topological polar surface area (TPSA) is 70.5 Å². The van der Waals surface area contributed by atoms with E-state index in [0.717, 1.165) is 0 Å². The maximum absolute atomic E-state index is 12.2. The van der Waals surface area contributed by atoms with Crippen molar-refractivity contribution in [2.24, 2.45) is 0 Å². The van der Waals surface area contributed by atoms with Crippen molar-refractivity contribution in [2.45, 2.75) is 32.7 Å². The summed E-state index contributed by atoms with van der Waals surface area (Å²) < 4.78 is 0. The zero-order valence-corrected chi connectivity index (χ0v) is 11.9. The average Bonchev–Trinajstić information content (AvgIpc) is 2.37. The number of carboxylic acids is 1. The molecule has 1 atom stereocenters. The van der Waals surface area contributed by atoms with Crippen LogP contribution in [0.5, 0.6) is 0 Å². The van der Waals surface area contributed by atoms with Gasteiger partial charge in [-0.1, -0.05) is 25.4 Å². The van der Waals surface area contributed by atoms with Gasteiger partial charge in [-0.15, -0.1) is 0 Å². The van der Waals surface area contributed by atoms with E-state index in [4.69, 9.17) is 16.7 Å². The molecule has 0 fully saturated rings. The van der Waals surface area contributed by atoms with Gasteiger partial charge in [0.05, 0.1) is 0 Å². The number of carbonyl (C=O) groups excluding carboxylic acids is 1. The van der Waals surface area contributed by atoms with Crippen molar-refractivity contribution in [3.63, 3.8) is 0 Å². The zero-order chi connectivity index (χ0) is 14.6. The summed E-state index contributed by atoms with van der Waals surface area (Å²) in [6.45, 7) is 3.63. The number of likely N-dealkylation sites (N-methyl/N-ethyl adjacent to an activating group) is 1. The maximum Gasteiger partial charge on any atom is 0.326 e. The van der Waals surface area contributed by atoms with E-state index in [-0.39, 0.29) is 11.1 Å². The highest BCUT2D eigenvalue weighted by molar-refractivity contribution is 6.29. The number of rotatable bonds is 5. The highest BCUT2D eigenvalue weighted by atomic mass is 35.5. The Morgan fingerprint density at radius 1 is 1.42 bits per heavy atom. The Labute approximate surface area is 117 Å². The molecule has 1 amide bonds. The van der Waals surface area contributed by atoms with Crippen molar-refractivity contribution < 1.29 is 14.7 Å². The lowest BCUT2D eigenvalue weighted by Crippen LogP contribution is -2.42. The minimum Gasteiger partial charge on any atom is -0.480 e. The standard InChI is InChI=1S/C13H17ClN2O3/c1-4-9-6-8(7-11(14)15-9)12(17)16(3)10(5-2)13(18)19/h6-7,10H,4-5H2,1-3H3,(H,18,19). The van der Waals surface area contributed by atoms with Crippen LogP contribution in [0.4, 0.5) is 0 Å². The molecule has 104 valence electrons. The summed E-state index contributed by atoms with van der Waals surface area (Å²) >= 11 is 5.86. The van der Waals surface area contributed by atoms with E-state index in [1.165, 1.54) is 18.0 Å². The molecule has 0 saturated heterocycles. The predicted octanol–water partition coefficient (Wildman–Crippen LogP) is 2.23. The Bertz CT molecular complexity index is 491. The second-order valence-electron chi connectivity index (χ2n) is 4.20. The van der Waals surface area contributed by atoms with E-state index in [1.54, 1.807) is 13.0 Å². The fourth-order valence-corrected chi connectivity index (χ4v) is 2.04. The summed E-state index contributed by atoms with van der Waals surface area (Å²) in [5.41, 5.74) is 1.06. The molecule has 5 nitrogen and oxygen atoms in total. The first kappa shape index (κ1) is 15.4. The Kier molecular flexibility index (Phi) is 5.30. The molecule has 0 saturated carbocycles. The third-order valence-electron chi connectivity index (χ3n) is 2.92. The Morgan fingerprint density at radius 2 is 2.05 bits per heavy atom. The van der Waals surface area contributed by atoms with Crippen molar-refractivity contribution in [1.82, 2.24) is 9.88 Å². The van der Waals surface area contributed by atoms with Crippen LogP contribution in [0.2, 0.25) is 5.15 Å². The van der Waals surface area contributed by atoms with E-state index in [1.807, 2.05) is 6.92 Å². The van der Waals surface area contributed by atoms with E-state index in [2.05, 4.69) is 4.98 Å². The third kappa shape index (κ3) is 3.67. The zero-order valence-electron chi connectivity index (χ0n) is 11.2. The number of hydrogen-bond donors (Lipinski definition) is 1. The molecule has 0 aliphatic rings. The van der Waals surface area contributed by atoms with Gasteiger partial charge in [0, 0.05) is 18.3 Å². The minimum absolute atomic E-state index is 0.236. The first-order chi connectivity index (χ1) is 8.90. The second-order valence-corrected chi connectivity index (χ2v) is 4.59.